The first-order valence-corrected chi connectivity index (χ1v) is 16.0. The molecule has 2 atom stereocenters. The summed E-state index contributed by atoms with van der Waals surface area (Å²) in [5.41, 5.74) is 6.05. The van der Waals surface area contributed by atoms with E-state index in [2.05, 4.69) is 60.1 Å². The van der Waals surface area contributed by atoms with Gasteiger partial charge in [0.15, 0.2) is 11.4 Å². The van der Waals surface area contributed by atoms with Gasteiger partial charge in [-0.25, -0.2) is 9.97 Å². The van der Waals surface area contributed by atoms with Crippen LogP contribution in [0.15, 0.2) is 83.6 Å². The zero-order valence-electron chi connectivity index (χ0n) is 26.3. The molecule has 2 aromatic carbocycles. The molecule has 10 nitrogen and oxygen atoms in total. The van der Waals surface area contributed by atoms with Gasteiger partial charge in [0, 0.05) is 49.9 Å². The summed E-state index contributed by atoms with van der Waals surface area (Å²) in [6, 6.07) is 16.0. The molecule has 3 aromatic heterocycles. The number of anilines is 1. The first kappa shape index (κ1) is 32.3. The number of aryl methyl sites for hydroxylation is 1. The van der Waals surface area contributed by atoms with Gasteiger partial charge >= 0.3 is 5.97 Å². The summed E-state index contributed by atoms with van der Waals surface area (Å²) in [4.78, 5) is 25.5. The molecule has 0 aliphatic heterocycles. The van der Waals surface area contributed by atoms with Gasteiger partial charge in [-0.1, -0.05) is 54.9 Å². The molecule has 0 amide bonds. The van der Waals surface area contributed by atoms with Crippen LogP contribution in [0.4, 0.5) is 5.82 Å². The Hall–Kier alpha value is -4.61. The Morgan fingerprint density at radius 2 is 1.87 bits per heavy atom. The van der Waals surface area contributed by atoms with Crippen molar-refractivity contribution in [3.63, 3.8) is 0 Å². The van der Waals surface area contributed by atoms with E-state index < -0.39 is 11.5 Å². The van der Waals surface area contributed by atoms with Gasteiger partial charge in [0.05, 0.1) is 18.1 Å². The Morgan fingerprint density at radius 1 is 1.06 bits per heavy atom. The zero-order chi connectivity index (χ0) is 33.0. The van der Waals surface area contributed by atoms with Crippen molar-refractivity contribution in [2.45, 2.75) is 38.9 Å². The number of allylic oxidation sites excluding steroid dienone is 2. The van der Waals surface area contributed by atoms with Crippen molar-refractivity contribution < 1.29 is 19.4 Å². The molecule has 11 heteroatoms. The van der Waals surface area contributed by atoms with Crippen LogP contribution in [-0.4, -0.2) is 50.8 Å². The molecule has 0 spiro atoms. The maximum atomic E-state index is 10.9. The lowest BCUT2D eigenvalue weighted by atomic mass is 9.73. The van der Waals surface area contributed by atoms with Crippen LogP contribution in [0, 0.1) is 12.8 Å². The number of aliphatic hydroxyl groups is 1. The second-order valence-corrected chi connectivity index (χ2v) is 12.2. The number of aliphatic hydroxyl groups excluding tert-OH is 1. The van der Waals surface area contributed by atoms with Crippen LogP contribution in [0.3, 0.4) is 0 Å². The maximum absolute atomic E-state index is 10.9. The molecular formula is C36H37ClN6O4. The second-order valence-electron chi connectivity index (χ2n) is 11.8. The monoisotopic (exact) mass is 652 g/mol. The molecular weight excluding hydrogens is 616 g/mol. The van der Waals surface area contributed by atoms with Crippen LogP contribution in [0.2, 0.25) is 5.02 Å². The van der Waals surface area contributed by atoms with Crippen molar-refractivity contribution in [1.29, 1.82) is 0 Å². The van der Waals surface area contributed by atoms with Crippen LogP contribution in [0.5, 0.6) is 0 Å². The molecule has 0 saturated carbocycles. The summed E-state index contributed by atoms with van der Waals surface area (Å²) in [5, 5.41) is 29.5. The van der Waals surface area contributed by atoms with Gasteiger partial charge in [-0.3, -0.25) is 9.78 Å². The zero-order valence-corrected chi connectivity index (χ0v) is 27.0. The fraction of sp³-hybridized carbons (Fsp3) is 0.278. The lowest BCUT2D eigenvalue weighted by molar-refractivity contribution is -0.136. The SMILES string of the molecule is Cc1ccccc1C1=CC=CC(Nc2nccc3cc(CNCCO)cnc23)(c2nc3cc(CNCCC(=O)O)cc(Cl)c3o2)C1C. The van der Waals surface area contributed by atoms with Gasteiger partial charge in [-0.15, -0.1) is 0 Å². The Kier molecular flexibility index (Phi) is 9.65. The Bertz CT molecular complexity index is 1990. The van der Waals surface area contributed by atoms with Crippen LogP contribution in [0.25, 0.3) is 27.6 Å². The number of pyridine rings is 2. The summed E-state index contributed by atoms with van der Waals surface area (Å²) >= 11 is 6.76. The minimum Gasteiger partial charge on any atom is -0.481 e. The number of aliphatic carboxylic acids is 1. The van der Waals surface area contributed by atoms with Crippen molar-refractivity contribution in [3.8, 4) is 0 Å². The molecule has 2 unspecified atom stereocenters. The molecule has 1 aliphatic carbocycles. The normalized spacial score (nSPS) is 17.7. The number of oxazole rings is 1. The number of carbonyl (C=O) groups is 1. The summed E-state index contributed by atoms with van der Waals surface area (Å²) < 4.78 is 6.54. The minimum atomic E-state index is -0.973. The molecule has 6 rings (SSSR count). The van der Waals surface area contributed by atoms with E-state index in [0.717, 1.165) is 33.2 Å². The third-order valence-electron chi connectivity index (χ3n) is 8.54. The van der Waals surface area contributed by atoms with E-state index >= 15 is 0 Å². The first-order valence-electron chi connectivity index (χ1n) is 15.6. The van der Waals surface area contributed by atoms with E-state index in [9.17, 15) is 4.79 Å². The number of aromatic nitrogens is 3. The lowest BCUT2D eigenvalue weighted by Crippen LogP contribution is -2.42. The molecule has 242 valence electrons. The van der Waals surface area contributed by atoms with Gasteiger partial charge in [-0.05, 0) is 65.1 Å². The molecule has 0 saturated heterocycles. The van der Waals surface area contributed by atoms with Crippen LogP contribution >= 0.6 is 11.6 Å². The topological polar surface area (TPSA) is 145 Å². The average molecular weight is 653 g/mol. The highest BCUT2D eigenvalue weighted by Gasteiger charge is 2.45. The van der Waals surface area contributed by atoms with Gasteiger partial charge in [0.2, 0.25) is 5.89 Å². The molecule has 47 heavy (non-hydrogen) atoms. The standard InChI is InChI=1S/C36H37ClN6O4/c1-22-6-3-4-7-27(22)28-8-5-11-36(23(28)2,43-34-32-26(9-13-40-34)16-25(21-41-32)20-39-14-15-44)35-42-30-18-24(17-29(37)33(30)47-35)19-38-12-10-31(45)46/h3-9,11,13,16-18,21,23,38-39,44H,10,12,14-15,19-20H2,1-2H3,(H,40,43)(H,45,46). The van der Waals surface area contributed by atoms with Gasteiger partial charge in [-0.2, -0.15) is 0 Å². The third-order valence-corrected chi connectivity index (χ3v) is 8.82. The number of hydrogen-bond donors (Lipinski definition) is 5. The van der Waals surface area contributed by atoms with E-state index in [1.807, 2.05) is 42.6 Å². The summed E-state index contributed by atoms with van der Waals surface area (Å²) in [7, 11) is 0. The number of nitrogens with zero attached hydrogens (tertiary/aromatic N) is 3. The van der Waals surface area contributed by atoms with Crippen molar-refractivity contribution in [2.75, 3.05) is 25.0 Å². The molecule has 0 radical (unpaired) electrons. The maximum Gasteiger partial charge on any atom is 0.304 e. The molecule has 5 N–H and O–H groups in total. The Morgan fingerprint density at radius 3 is 2.68 bits per heavy atom. The average Bonchev–Trinajstić information content (AvgIpc) is 3.50. The summed E-state index contributed by atoms with van der Waals surface area (Å²) in [5.74, 6) is -0.0183. The lowest BCUT2D eigenvalue weighted by Gasteiger charge is -2.39. The van der Waals surface area contributed by atoms with Crippen LogP contribution in [-0.2, 0) is 23.4 Å². The van der Waals surface area contributed by atoms with Crippen LogP contribution in [0.1, 0.15) is 41.5 Å². The van der Waals surface area contributed by atoms with E-state index in [1.165, 1.54) is 0 Å². The number of hydrogen-bond acceptors (Lipinski definition) is 9. The Balaban J connectivity index is 1.43. The molecule has 0 fully saturated rings. The van der Waals surface area contributed by atoms with Crippen molar-refractivity contribution in [3.05, 3.63) is 112 Å². The predicted molar refractivity (Wildman–Crippen MR) is 184 cm³/mol. The quantitative estimate of drug-likeness (QED) is 0.0964. The van der Waals surface area contributed by atoms with Gasteiger partial charge in [0.25, 0.3) is 0 Å². The highest BCUT2D eigenvalue weighted by atomic mass is 35.5. The summed E-state index contributed by atoms with van der Waals surface area (Å²) in [6.07, 6.45) is 9.80. The number of rotatable bonds is 13. The number of nitrogens with one attached hydrogen (secondary N) is 3. The molecule has 3 heterocycles. The van der Waals surface area contributed by atoms with Gasteiger partial charge in [0.1, 0.15) is 16.6 Å². The van der Waals surface area contributed by atoms with Gasteiger partial charge < -0.3 is 30.6 Å². The number of fused-ring (bicyclic) bond motifs is 2. The fourth-order valence-corrected chi connectivity index (χ4v) is 6.35. The molecule has 5 aromatic rings. The number of carboxylic acids is 1. The fourth-order valence-electron chi connectivity index (χ4n) is 6.07. The van der Waals surface area contributed by atoms with E-state index in [4.69, 9.17) is 41.2 Å². The van der Waals surface area contributed by atoms with Crippen LogP contribution < -0.4 is 16.0 Å². The summed E-state index contributed by atoms with van der Waals surface area (Å²) in [6.45, 7) is 6.18. The van der Waals surface area contributed by atoms with E-state index in [-0.39, 0.29) is 18.9 Å². The van der Waals surface area contributed by atoms with Crippen molar-refractivity contribution >= 4 is 51.0 Å². The third kappa shape index (κ3) is 6.77. The highest BCUT2D eigenvalue weighted by molar-refractivity contribution is 6.34. The smallest absolute Gasteiger partial charge is 0.304 e. The Labute approximate surface area is 277 Å². The molecule has 1 aliphatic rings. The van der Waals surface area contributed by atoms with E-state index in [1.54, 1.807) is 6.20 Å². The number of halogens is 1. The highest BCUT2D eigenvalue weighted by Crippen LogP contribution is 2.46. The molecule has 0 bridgehead atoms. The largest absolute Gasteiger partial charge is 0.481 e. The van der Waals surface area contributed by atoms with E-state index in [0.29, 0.717) is 59.5 Å². The predicted octanol–water partition coefficient (Wildman–Crippen LogP) is 5.98. The van der Waals surface area contributed by atoms with Crippen molar-refractivity contribution in [2.24, 2.45) is 5.92 Å². The van der Waals surface area contributed by atoms with Crippen molar-refractivity contribution in [1.82, 2.24) is 25.6 Å². The first-order chi connectivity index (χ1) is 22.8. The minimum absolute atomic E-state index is 0.0260. The number of carboxylic acid groups (broad SMARTS) is 1. The number of benzene rings is 2. The second kappa shape index (κ2) is 14.0.